The van der Waals surface area contributed by atoms with Gasteiger partial charge in [0, 0.05) is 7.11 Å². The number of rotatable bonds is 4. The molecule has 8 nitrogen and oxygen atoms in total. The van der Waals surface area contributed by atoms with Crippen LogP contribution in [0.15, 0.2) is 6.07 Å². The van der Waals surface area contributed by atoms with E-state index in [0.717, 1.165) is 16.3 Å². The largest absolute Gasteiger partial charge is 0.465 e. The van der Waals surface area contributed by atoms with E-state index in [1.165, 1.54) is 7.11 Å². The number of carbonyl (C=O) groups is 3. The van der Waals surface area contributed by atoms with Crippen LogP contribution >= 0.6 is 11.3 Å². The molecule has 154 valence electrons. The number of hydrogen-bond donors (Lipinski definition) is 1. The maximum Gasteiger partial charge on any atom is 0.434 e. The van der Waals surface area contributed by atoms with Gasteiger partial charge in [-0.05, 0) is 60.1 Å². The van der Waals surface area contributed by atoms with Crippen LogP contribution in [0.5, 0.6) is 0 Å². The van der Waals surface area contributed by atoms with Crippen LogP contribution < -0.4 is 10.4 Å². The molecule has 0 fully saturated rings. The molecule has 0 spiro atoms. The minimum atomic E-state index is -0.743. The highest BCUT2D eigenvalue weighted by molar-refractivity contribution is 7.18. The van der Waals surface area contributed by atoms with Crippen LogP contribution in [0.2, 0.25) is 0 Å². The first kappa shape index (κ1) is 24.9. The predicted molar refractivity (Wildman–Crippen MR) is 105 cm³/mol. The number of amides is 2. The van der Waals surface area contributed by atoms with Crippen molar-refractivity contribution in [3.63, 3.8) is 0 Å². The quantitative estimate of drug-likeness (QED) is 0.469. The van der Waals surface area contributed by atoms with Crippen molar-refractivity contribution in [3.8, 4) is 0 Å². The van der Waals surface area contributed by atoms with Crippen molar-refractivity contribution in [1.29, 1.82) is 0 Å². The van der Waals surface area contributed by atoms with Gasteiger partial charge >= 0.3 is 12.1 Å². The zero-order chi connectivity index (χ0) is 21.4. The van der Waals surface area contributed by atoms with Gasteiger partial charge in [0.15, 0.2) is 0 Å². The monoisotopic (exact) mass is 402 g/mol. The third-order valence-corrected chi connectivity index (χ3v) is 4.07. The third-order valence-electron chi connectivity index (χ3n) is 2.87. The Morgan fingerprint density at radius 3 is 2.00 bits per heavy atom. The summed E-state index contributed by atoms with van der Waals surface area (Å²) in [5.74, 6) is -0.501. The van der Waals surface area contributed by atoms with Crippen molar-refractivity contribution in [2.75, 3.05) is 19.2 Å². The summed E-state index contributed by atoms with van der Waals surface area (Å²) in [6.45, 7) is 12.9. The molecule has 0 aliphatic carbocycles. The lowest BCUT2D eigenvalue weighted by molar-refractivity contribution is -0.109. The molecular weight excluding hydrogens is 372 g/mol. The van der Waals surface area contributed by atoms with Crippen molar-refractivity contribution in [2.24, 2.45) is 0 Å². The molecule has 27 heavy (non-hydrogen) atoms. The van der Waals surface area contributed by atoms with Gasteiger partial charge in [0.2, 0.25) is 6.41 Å². The first-order valence-corrected chi connectivity index (χ1v) is 9.04. The van der Waals surface area contributed by atoms with Gasteiger partial charge in [-0.2, -0.15) is 5.01 Å². The molecule has 0 radical (unpaired) electrons. The van der Waals surface area contributed by atoms with Gasteiger partial charge < -0.3 is 14.2 Å². The molecule has 0 aromatic carbocycles. The van der Waals surface area contributed by atoms with Gasteiger partial charge in [-0.25, -0.2) is 9.59 Å². The molecule has 2 amide bonds. The van der Waals surface area contributed by atoms with Gasteiger partial charge in [-0.15, -0.1) is 11.3 Å². The molecule has 1 aromatic rings. The lowest BCUT2D eigenvalue weighted by Crippen LogP contribution is -2.44. The molecule has 1 N–H and O–H groups in total. The smallest absolute Gasteiger partial charge is 0.434 e. The number of nitrogens with zero attached hydrogens (tertiary/aromatic N) is 1. The molecule has 0 atom stereocenters. The molecule has 1 heterocycles. The molecule has 1 aromatic heterocycles. The third kappa shape index (κ3) is 9.39. The Bertz CT molecular complexity index is 643. The van der Waals surface area contributed by atoms with Crippen molar-refractivity contribution < 1.29 is 28.6 Å². The van der Waals surface area contributed by atoms with Crippen molar-refractivity contribution in [2.45, 2.75) is 59.7 Å². The van der Waals surface area contributed by atoms with E-state index < -0.39 is 17.7 Å². The zero-order valence-electron chi connectivity index (χ0n) is 17.5. The summed E-state index contributed by atoms with van der Waals surface area (Å²) in [6, 6.07) is 1.59. The fraction of sp³-hybridized carbons (Fsp3) is 0.611. The Morgan fingerprint density at radius 2 is 1.63 bits per heavy atom. The molecule has 0 aliphatic heterocycles. The first-order valence-electron chi connectivity index (χ1n) is 8.22. The van der Waals surface area contributed by atoms with E-state index in [0.29, 0.717) is 21.9 Å². The number of hydrazine groups is 1. The Kier molecular flexibility index (Phi) is 9.46. The SMILES string of the molecule is COC(=O)c1sc(N(NC=O)C(=O)OC(C)(C)C)cc1C.COC(C)(C)C. The number of ether oxygens (including phenoxy) is 3. The van der Waals surface area contributed by atoms with Crippen molar-refractivity contribution >= 4 is 34.8 Å². The van der Waals surface area contributed by atoms with Gasteiger partial charge in [-0.1, -0.05) is 0 Å². The van der Waals surface area contributed by atoms with E-state index in [4.69, 9.17) is 9.47 Å². The molecule has 9 heteroatoms. The molecule has 0 bridgehead atoms. The summed E-state index contributed by atoms with van der Waals surface area (Å²) in [5, 5.41) is 1.30. The maximum absolute atomic E-state index is 12.1. The van der Waals surface area contributed by atoms with Gasteiger partial charge in [0.05, 0.1) is 12.7 Å². The van der Waals surface area contributed by atoms with E-state index in [1.807, 2.05) is 20.8 Å². The highest BCUT2D eigenvalue weighted by Gasteiger charge is 2.26. The fourth-order valence-corrected chi connectivity index (χ4v) is 2.49. The molecule has 0 aliphatic rings. The number of aryl methyl sites for hydroxylation is 1. The number of esters is 1. The summed E-state index contributed by atoms with van der Waals surface area (Å²) in [5.41, 5.74) is 2.23. The highest BCUT2D eigenvalue weighted by atomic mass is 32.1. The summed E-state index contributed by atoms with van der Waals surface area (Å²) in [4.78, 5) is 34.7. The van der Waals surface area contributed by atoms with E-state index >= 15 is 0 Å². The van der Waals surface area contributed by atoms with Crippen LogP contribution in [0.3, 0.4) is 0 Å². The van der Waals surface area contributed by atoms with Crippen LogP contribution in [-0.2, 0) is 19.0 Å². The molecule has 0 saturated carbocycles. The Hall–Kier alpha value is -2.13. The normalized spacial score (nSPS) is 11.0. The minimum Gasteiger partial charge on any atom is -0.465 e. The van der Waals surface area contributed by atoms with Gasteiger partial charge in [-0.3, -0.25) is 10.2 Å². The second-order valence-corrected chi connectivity index (χ2v) is 8.50. The Balaban J connectivity index is 0.000000972. The average Bonchev–Trinajstić information content (AvgIpc) is 2.91. The number of carbonyl (C=O) groups excluding carboxylic acids is 3. The topological polar surface area (TPSA) is 94.2 Å². The number of nitrogens with one attached hydrogen (secondary N) is 1. The first-order chi connectivity index (χ1) is 12.3. The molecule has 0 unspecified atom stereocenters. The van der Waals surface area contributed by atoms with E-state index in [-0.39, 0.29) is 5.60 Å². The number of thiophene rings is 1. The summed E-state index contributed by atoms with van der Waals surface area (Å²) >= 11 is 1.02. The lowest BCUT2D eigenvalue weighted by atomic mass is 10.2. The van der Waals surface area contributed by atoms with Crippen LogP contribution in [0.4, 0.5) is 9.80 Å². The fourth-order valence-electron chi connectivity index (χ4n) is 1.44. The van der Waals surface area contributed by atoms with Crippen molar-refractivity contribution in [1.82, 2.24) is 5.43 Å². The van der Waals surface area contributed by atoms with Crippen LogP contribution in [0, 0.1) is 6.92 Å². The number of hydrogen-bond acceptors (Lipinski definition) is 7. The summed E-state index contributed by atoms with van der Waals surface area (Å²) in [7, 11) is 2.98. The zero-order valence-corrected chi connectivity index (χ0v) is 18.3. The number of anilines is 1. The Labute approximate surface area is 164 Å². The summed E-state index contributed by atoms with van der Waals surface area (Å²) in [6.07, 6.45) is -0.385. The van der Waals surface area contributed by atoms with Gasteiger partial charge in [0.25, 0.3) is 0 Å². The molecular formula is C18H30N2O6S. The Morgan fingerprint density at radius 1 is 1.11 bits per heavy atom. The minimum absolute atomic E-state index is 0.0417. The van der Waals surface area contributed by atoms with E-state index in [1.54, 1.807) is 40.9 Å². The average molecular weight is 403 g/mol. The molecule has 1 rings (SSSR count). The van der Waals surface area contributed by atoms with E-state index in [2.05, 4.69) is 10.2 Å². The van der Waals surface area contributed by atoms with Crippen LogP contribution in [0.1, 0.15) is 56.8 Å². The predicted octanol–water partition coefficient (Wildman–Crippen LogP) is 3.68. The number of methoxy groups -OCH3 is 2. The lowest BCUT2D eigenvalue weighted by Gasteiger charge is -2.25. The molecule has 0 saturated heterocycles. The second-order valence-electron chi connectivity index (χ2n) is 7.47. The van der Waals surface area contributed by atoms with Crippen LogP contribution in [0.25, 0.3) is 0 Å². The standard InChI is InChI=1S/C13H18N2O5S.C5H12O/c1-8-6-9(21-10(8)11(17)19-5)15(14-7-16)12(18)20-13(2,3)4;1-5(2,3)6-4/h6-7H,1-5H3,(H,14,16);1-4H3. The highest BCUT2D eigenvalue weighted by Crippen LogP contribution is 2.30. The maximum atomic E-state index is 12.1. The second kappa shape index (κ2) is 10.3. The van der Waals surface area contributed by atoms with E-state index in [9.17, 15) is 14.4 Å². The summed E-state index contributed by atoms with van der Waals surface area (Å²) < 4.78 is 14.8. The van der Waals surface area contributed by atoms with Crippen LogP contribution in [-0.4, -0.2) is 43.9 Å². The van der Waals surface area contributed by atoms with Gasteiger partial charge in [0.1, 0.15) is 15.5 Å². The van der Waals surface area contributed by atoms with Crippen molar-refractivity contribution in [3.05, 3.63) is 16.5 Å².